The lowest BCUT2D eigenvalue weighted by atomic mass is 10.1. The van der Waals surface area contributed by atoms with Gasteiger partial charge in [-0.2, -0.15) is 4.99 Å². The summed E-state index contributed by atoms with van der Waals surface area (Å²) in [4.78, 5) is 16.8. The molecule has 0 N–H and O–H groups in total. The van der Waals surface area contributed by atoms with E-state index in [1.54, 1.807) is 7.11 Å². The summed E-state index contributed by atoms with van der Waals surface area (Å²) in [6.07, 6.45) is 0. The van der Waals surface area contributed by atoms with Crippen molar-refractivity contribution in [2.45, 2.75) is 20.4 Å². The maximum atomic E-state index is 13.9. The van der Waals surface area contributed by atoms with Crippen molar-refractivity contribution in [3.05, 3.63) is 63.5 Å². The van der Waals surface area contributed by atoms with E-state index in [4.69, 9.17) is 4.74 Å². The lowest BCUT2D eigenvalue weighted by molar-refractivity contribution is 0.0989. The second-order valence-electron chi connectivity index (χ2n) is 5.97. The van der Waals surface area contributed by atoms with Crippen molar-refractivity contribution in [2.24, 2.45) is 4.99 Å². The Hall–Kier alpha value is -2.38. The molecule has 0 aliphatic rings. The SMILES string of the molecule is COCCn1c(=NC(=O)c2c(F)cccc2F)sc2c(C)cc(C)cc21. The standard InChI is InChI=1S/C19H18F2N2O2S/c1-11-9-12(2)17-15(10-11)23(7-8-25-3)19(26-17)22-18(24)16-13(20)5-4-6-14(16)21/h4-6,9-10H,7-8H2,1-3H3. The van der Waals surface area contributed by atoms with E-state index < -0.39 is 23.1 Å². The van der Waals surface area contributed by atoms with Crippen LogP contribution in [0.5, 0.6) is 0 Å². The van der Waals surface area contributed by atoms with Crippen LogP contribution in [0.2, 0.25) is 0 Å². The Balaban J connectivity index is 2.21. The predicted octanol–water partition coefficient (Wildman–Crippen LogP) is 3.99. The molecule has 0 saturated carbocycles. The number of benzene rings is 2. The molecule has 3 aromatic rings. The molecule has 7 heteroatoms. The smallest absolute Gasteiger partial charge is 0.285 e. The second kappa shape index (κ2) is 7.47. The topological polar surface area (TPSA) is 43.6 Å². The summed E-state index contributed by atoms with van der Waals surface area (Å²) < 4.78 is 35.7. The number of hydrogen-bond donors (Lipinski definition) is 0. The third-order valence-electron chi connectivity index (χ3n) is 4.01. The molecule has 0 spiro atoms. The summed E-state index contributed by atoms with van der Waals surface area (Å²) in [6.45, 7) is 4.87. The minimum absolute atomic E-state index is 0.387. The van der Waals surface area contributed by atoms with Gasteiger partial charge < -0.3 is 9.30 Å². The van der Waals surface area contributed by atoms with Gasteiger partial charge in [0.15, 0.2) is 4.80 Å². The van der Waals surface area contributed by atoms with Gasteiger partial charge in [0, 0.05) is 13.7 Å². The number of amides is 1. The Kier molecular flexibility index (Phi) is 5.29. The van der Waals surface area contributed by atoms with Crippen LogP contribution in [0.4, 0.5) is 8.78 Å². The number of fused-ring (bicyclic) bond motifs is 1. The Morgan fingerprint density at radius 2 is 1.92 bits per heavy atom. The summed E-state index contributed by atoms with van der Waals surface area (Å²) in [5, 5.41) is 0. The van der Waals surface area contributed by atoms with E-state index in [1.165, 1.54) is 17.4 Å². The molecule has 0 atom stereocenters. The highest BCUT2D eigenvalue weighted by Gasteiger charge is 2.17. The number of halogens is 2. The summed E-state index contributed by atoms with van der Waals surface area (Å²) in [5.74, 6) is -2.78. The molecule has 3 rings (SSSR count). The van der Waals surface area contributed by atoms with E-state index in [9.17, 15) is 13.6 Å². The second-order valence-corrected chi connectivity index (χ2v) is 6.95. The minimum atomic E-state index is -0.937. The molecule has 4 nitrogen and oxygen atoms in total. The van der Waals surface area contributed by atoms with E-state index >= 15 is 0 Å². The highest BCUT2D eigenvalue weighted by atomic mass is 32.1. The van der Waals surface area contributed by atoms with Crippen molar-refractivity contribution in [3.63, 3.8) is 0 Å². The number of thiazole rings is 1. The molecular formula is C19H18F2N2O2S. The minimum Gasteiger partial charge on any atom is -0.383 e. The van der Waals surface area contributed by atoms with Crippen LogP contribution in [0.25, 0.3) is 10.2 Å². The number of aryl methyl sites for hydroxylation is 2. The van der Waals surface area contributed by atoms with Crippen LogP contribution in [-0.2, 0) is 11.3 Å². The number of aromatic nitrogens is 1. The van der Waals surface area contributed by atoms with Crippen LogP contribution in [0.15, 0.2) is 35.3 Å². The van der Waals surface area contributed by atoms with E-state index in [-0.39, 0.29) is 0 Å². The molecule has 0 bridgehead atoms. The highest BCUT2D eigenvalue weighted by Crippen LogP contribution is 2.23. The Labute approximate surface area is 153 Å². The number of methoxy groups -OCH3 is 1. The first-order chi connectivity index (χ1) is 12.4. The molecule has 1 aromatic heterocycles. The lowest BCUT2D eigenvalue weighted by Crippen LogP contribution is -2.20. The molecule has 0 aliphatic heterocycles. The number of ether oxygens (including phenoxy) is 1. The zero-order valence-corrected chi connectivity index (χ0v) is 15.5. The number of carbonyl (C=O) groups excluding carboxylic acids is 1. The van der Waals surface area contributed by atoms with E-state index in [0.717, 1.165) is 33.5 Å². The van der Waals surface area contributed by atoms with Gasteiger partial charge in [-0.15, -0.1) is 0 Å². The molecule has 1 amide bonds. The van der Waals surface area contributed by atoms with Crippen LogP contribution in [0.3, 0.4) is 0 Å². The molecule has 0 saturated heterocycles. The number of hydrogen-bond acceptors (Lipinski definition) is 3. The van der Waals surface area contributed by atoms with E-state index in [1.807, 2.05) is 30.5 Å². The largest absolute Gasteiger partial charge is 0.383 e. The van der Waals surface area contributed by atoms with E-state index in [2.05, 4.69) is 4.99 Å². The van der Waals surface area contributed by atoms with Gasteiger partial charge in [-0.1, -0.05) is 23.5 Å². The summed E-state index contributed by atoms with van der Waals surface area (Å²) in [6, 6.07) is 7.35. The van der Waals surface area contributed by atoms with Gasteiger partial charge in [0.25, 0.3) is 5.91 Å². The first kappa shape index (κ1) is 18.4. The van der Waals surface area contributed by atoms with Gasteiger partial charge in [-0.05, 0) is 43.2 Å². The molecule has 0 aliphatic carbocycles. The molecule has 0 radical (unpaired) electrons. The fraction of sp³-hybridized carbons (Fsp3) is 0.263. The summed E-state index contributed by atoms with van der Waals surface area (Å²) in [7, 11) is 1.59. The fourth-order valence-electron chi connectivity index (χ4n) is 2.84. The average Bonchev–Trinajstić information content (AvgIpc) is 2.90. The fourth-order valence-corrected chi connectivity index (χ4v) is 3.95. The number of rotatable bonds is 4. The van der Waals surface area contributed by atoms with Gasteiger partial charge in [0.05, 0.1) is 16.8 Å². The van der Waals surface area contributed by atoms with Crippen LogP contribution in [0.1, 0.15) is 21.5 Å². The average molecular weight is 376 g/mol. The highest BCUT2D eigenvalue weighted by molar-refractivity contribution is 7.16. The third kappa shape index (κ3) is 3.45. The molecule has 0 fully saturated rings. The maximum absolute atomic E-state index is 13.9. The van der Waals surface area contributed by atoms with Crippen molar-refractivity contribution < 1.29 is 18.3 Å². The van der Waals surface area contributed by atoms with E-state index in [0.29, 0.717) is 18.0 Å². The Morgan fingerprint density at radius 1 is 1.23 bits per heavy atom. The van der Waals surface area contributed by atoms with Crippen LogP contribution < -0.4 is 4.80 Å². The lowest BCUT2D eigenvalue weighted by Gasteiger charge is -2.06. The maximum Gasteiger partial charge on any atom is 0.285 e. The molecule has 1 heterocycles. The molecule has 0 unspecified atom stereocenters. The van der Waals surface area contributed by atoms with Crippen molar-refractivity contribution in [1.29, 1.82) is 0 Å². The Bertz CT molecular complexity index is 1030. The zero-order valence-electron chi connectivity index (χ0n) is 14.7. The van der Waals surface area contributed by atoms with Crippen molar-refractivity contribution in [1.82, 2.24) is 4.57 Å². The summed E-state index contributed by atoms with van der Waals surface area (Å²) >= 11 is 1.32. The monoisotopic (exact) mass is 376 g/mol. The van der Waals surface area contributed by atoms with Gasteiger partial charge in [0.2, 0.25) is 0 Å². The van der Waals surface area contributed by atoms with Crippen LogP contribution in [-0.4, -0.2) is 24.2 Å². The van der Waals surface area contributed by atoms with Crippen LogP contribution >= 0.6 is 11.3 Å². The Morgan fingerprint density at radius 3 is 2.58 bits per heavy atom. The first-order valence-corrected chi connectivity index (χ1v) is 8.86. The van der Waals surface area contributed by atoms with Gasteiger partial charge >= 0.3 is 0 Å². The molecule has 26 heavy (non-hydrogen) atoms. The number of carbonyl (C=O) groups is 1. The van der Waals surface area contributed by atoms with Gasteiger partial charge in [-0.25, -0.2) is 8.78 Å². The normalized spacial score (nSPS) is 12.1. The quantitative estimate of drug-likeness (QED) is 0.691. The van der Waals surface area contributed by atoms with Crippen molar-refractivity contribution in [3.8, 4) is 0 Å². The molecule has 2 aromatic carbocycles. The first-order valence-electron chi connectivity index (χ1n) is 8.05. The van der Waals surface area contributed by atoms with Gasteiger partial charge in [-0.3, -0.25) is 4.79 Å². The van der Waals surface area contributed by atoms with Crippen LogP contribution in [0, 0.1) is 25.5 Å². The predicted molar refractivity (Wildman–Crippen MR) is 97.4 cm³/mol. The summed E-state index contributed by atoms with van der Waals surface area (Å²) in [5.41, 5.74) is 2.42. The zero-order chi connectivity index (χ0) is 18.8. The molecular weight excluding hydrogens is 358 g/mol. The van der Waals surface area contributed by atoms with Gasteiger partial charge in [0.1, 0.15) is 17.2 Å². The molecule has 136 valence electrons. The van der Waals surface area contributed by atoms with Crippen molar-refractivity contribution in [2.75, 3.05) is 13.7 Å². The number of nitrogens with zero attached hydrogens (tertiary/aromatic N) is 2. The van der Waals surface area contributed by atoms with Crippen molar-refractivity contribution >= 4 is 27.5 Å². The third-order valence-corrected chi connectivity index (χ3v) is 5.24.